The summed E-state index contributed by atoms with van der Waals surface area (Å²) in [5.74, 6) is 0. The largest absolute Gasteiger partial charge is 0.384 e. The van der Waals surface area contributed by atoms with E-state index in [1.165, 1.54) is 0 Å². The summed E-state index contributed by atoms with van der Waals surface area (Å²) in [7, 11) is -0.452. The zero-order chi connectivity index (χ0) is 14.3. The lowest BCUT2D eigenvalue weighted by Gasteiger charge is -2.21. The van der Waals surface area contributed by atoms with Gasteiger partial charge in [0.05, 0.1) is 25.7 Å². The second-order valence-corrected chi connectivity index (χ2v) is 8.93. The Kier molecular flexibility index (Phi) is 8.61. The summed E-state index contributed by atoms with van der Waals surface area (Å²) in [6.45, 7) is 4.38. The first-order valence-corrected chi connectivity index (χ1v) is 9.03. The van der Waals surface area contributed by atoms with Crippen molar-refractivity contribution in [3.63, 3.8) is 0 Å². The summed E-state index contributed by atoms with van der Waals surface area (Å²) in [6, 6.07) is 0. The van der Waals surface area contributed by atoms with Crippen molar-refractivity contribution in [2.24, 2.45) is 5.41 Å². The summed E-state index contributed by atoms with van der Waals surface area (Å²) in [5, 5.41) is 0. The van der Waals surface area contributed by atoms with Crippen LogP contribution in [0.5, 0.6) is 0 Å². The molecule has 0 radical (unpaired) electrons. The predicted molar refractivity (Wildman–Crippen MR) is 67.1 cm³/mol. The van der Waals surface area contributed by atoms with E-state index < -0.39 is 19.2 Å². The van der Waals surface area contributed by atoms with Crippen molar-refractivity contribution in [3.05, 3.63) is 0 Å². The highest BCUT2D eigenvalue weighted by molar-refractivity contribution is 8.13. The summed E-state index contributed by atoms with van der Waals surface area (Å²) in [4.78, 5) is 0. The molecule has 0 bridgehead atoms. The number of halogens is 1. The van der Waals surface area contributed by atoms with Gasteiger partial charge in [-0.15, -0.1) is 0 Å². The molecular weight excluding hydrogens is 292 g/mol. The summed E-state index contributed by atoms with van der Waals surface area (Å²) < 4.78 is 49.6. The zero-order valence-corrected chi connectivity index (χ0v) is 12.9. The molecule has 0 unspecified atom stereocenters. The van der Waals surface area contributed by atoms with Crippen molar-refractivity contribution in [3.8, 4) is 0 Å². The van der Waals surface area contributed by atoms with Gasteiger partial charge in [-0.3, -0.25) is 4.18 Å². The molecule has 0 rings (SSSR count). The zero-order valence-electron chi connectivity index (χ0n) is 10.6. The van der Waals surface area contributed by atoms with E-state index in [0.29, 0.717) is 6.61 Å². The van der Waals surface area contributed by atoms with Gasteiger partial charge >= 0.3 is 0 Å². The maximum absolute atomic E-state index is 10.6. The van der Waals surface area contributed by atoms with E-state index in [4.69, 9.17) is 4.74 Å². The number of methoxy groups -OCH3 is 1. The lowest BCUT2D eigenvalue weighted by molar-refractivity contribution is 0.0670. The maximum Gasteiger partial charge on any atom is 0.264 e. The molecule has 0 aliphatic heterocycles. The van der Waals surface area contributed by atoms with Crippen LogP contribution in [0, 0.1) is 5.41 Å². The van der Waals surface area contributed by atoms with E-state index >= 15 is 0 Å². The fourth-order valence-corrected chi connectivity index (χ4v) is 1.23. The van der Waals surface area contributed by atoms with E-state index in [1.54, 1.807) is 7.11 Å². The quantitative estimate of drug-likeness (QED) is 0.552. The van der Waals surface area contributed by atoms with Gasteiger partial charge in [-0.25, -0.2) is 8.42 Å². The third-order valence-corrected chi connectivity index (χ3v) is 1.74. The van der Waals surface area contributed by atoms with Gasteiger partial charge in [-0.2, -0.15) is 8.42 Å². The average Bonchev–Trinajstić information content (AvgIpc) is 1.96. The van der Waals surface area contributed by atoms with E-state index in [0.717, 1.165) is 12.5 Å². The SMILES string of the molecule is COCC(C)(C)COS(C)(=O)=O.CS(=O)(=O)Cl. The third-order valence-electron chi connectivity index (χ3n) is 1.20. The van der Waals surface area contributed by atoms with Gasteiger partial charge in [-0.05, 0) is 0 Å². The second-order valence-electron chi connectivity index (χ2n) is 4.25. The lowest BCUT2D eigenvalue weighted by Crippen LogP contribution is -2.26. The van der Waals surface area contributed by atoms with Crippen LogP contribution in [-0.2, 0) is 28.1 Å². The summed E-state index contributed by atoms with van der Waals surface area (Å²) in [6.07, 6.45) is 1.96. The lowest BCUT2D eigenvalue weighted by atomic mass is 9.97. The van der Waals surface area contributed by atoms with Crippen LogP contribution in [-0.4, -0.2) is 49.7 Å². The van der Waals surface area contributed by atoms with Crippen molar-refractivity contribution >= 4 is 29.9 Å². The standard InChI is InChI=1S/C7H16O4S.CH3ClO2S/c1-7(2,5-10-3)6-11-12(4,8)9;1-5(2,3)4/h5-6H2,1-4H3;1H3. The van der Waals surface area contributed by atoms with Gasteiger partial charge in [0.1, 0.15) is 0 Å². The van der Waals surface area contributed by atoms with Crippen LogP contribution in [0.4, 0.5) is 0 Å². The highest BCUT2D eigenvalue weighted by Gasteiger charge is 2.20. The Bertz CT molecular complexity index is 390. The van der Waals surface area contributed by atoms with Crippen LogP contribution < -0.4 is 0 Å². The van der Waals surface area contributed by atoms with Gasteiger partial charge in [0.25, 0.3) is 10.1 Å². The first-order chi connectivity index (χ1) is 7.27. The molecule has 0 N–H and O–H groups in total. The number of hydrogen-bond acceptors (Lipinski definition) is 6. The molecule has 0 aromatic rings. The average molecular weight is 311 g/mol. The minimum absolute atomic E-state index is 0.152. The van der Waals surface area contributed by atoms with E-state index in [2.05, 4.69) is 14.9 Å². The third kappa shape index (κ3) is 26.0. The van der Waals surface area contributed by atoms with Gasteiger partial charge in [0.2, 0.25) is 9.05 Å². The molecule has 6 nitrogen and oxygen atoms in total. The van der Waals surface area contributed by atoms with Crippen molar-refractivity contribution < 1.29 is 25.8 Å². The molecule has 0 heterocycles. The van der Waals surface area contributed by atoms with E-state index in [1.807, 2.05) is 13.8 Å². The second kappa shape index (κ2) is 7.52. The molecule has 0 fully saturated rings. The van der Waals surface area contributed by atoms with Crippen LogP contribution >= 0.6 is 10.7 Å². The van der Waals surface area contributed by atoms with Crippen molar-refractivity contribution in [2.75, 3.05) is 32.8 Å². The first-order valence-electron chi connectivity index (χ1n) is 4.50. The van der Waals surface area contributed by atoms with Gasteiger partial charge < -0.3 is 4.74 Å². The highest BCUT2D eigenvalue weighted by Crippen LogP contribution is 2.16. The summed E-state index contributed by atoms with van der Waals surface area (Å²) in [5.41, 5.74) is -0.266. The van der Waals surface area contributed by atoms with Crippen molar-refractivity contribution in [2.45, 2.75) is 13.8 Å². The van der Waals surface area contributed by atoms with Gasteiger partial charge in [0, 0.05) is 23.2 Å². The molecule has 0 aromatic carbocycles. The minimum Gasteiger partial charge on any atom is -0.384 e. The molecule has 0 aliphatic rings. The Labute approximate surface area is 108 Å². The number of ether oxygens (including phenoxy) is 1. The van der Waals surface area contributed by atoms with Gasteiger partial charge in [-0.1, -0.05) is 13.8 Å². The Hall–Kier alpha value is 0.110. The Balaban J connectivity index is 0. The molecule has 0 spiro atoms. The molecular formula is C8H19ClO6S2. The summed E-state index contributed by atoms with van der Waals surface area (Å²) >= 11 is 0. The van der Waals surface area contributed by atoms with Crippen molar-refractivity contribution in [1.29, 1.82) is 0 Å². The Morgan fingerprint density at radius 2 is 1.41 bits per heavy atom. The minimum atomic E-state index is -3.33. The normalized spacial score (nSPS) is 12.8. The molecule has 0 saturated heterocycles. The van der Waals surface area contributed by atoms with Crippen LogP contribution in [0.1, 0.15) is 13.8 Å². The van der Waals surface area contributed by atoms with Crippen LogP contribution in [0.3, 0.4) is 0 Å². The molecule has 0 amide bonds. The fraction of sp³-hybridized carbons (Fsp3) is 1.00. The molecule has 0 saturated carbocycles. The Morgan fingerprint density at radius 3 is 1.65 bits per heavy atom. The fourth-order valence-electron chi connectivity index (χ4n) is 0.699. The molecule has 0 aromatic heterocycles. The Morgan fingerprint density at radius 1 is 1.06 bits per heavy atom. The van der Waals surface area contributed by atoms with Crippen LogP contribution in [0.2, 0.25) is 0 Å². The molecule has 0 atom stereocenters. The van der Waals surface area contributed by atoms with E-state index in [-0.39, 0.29) is 12.0 Å². The maximum atomic E-state index is 10.6. The van der Waals surface area contributed by atoms with E-state index in [9.17, 15) is 16.8 Å². The smallest absolute Gasteiger partial charge is 0.264 e. The molecule has 17 heavy (non-hydrogen) atoms. The number of rotatable bonds is 5. The van der Waals surface area contributed by atoms with Crippen molar-refractivity contribution in [1.82, 2.24) is 0 Å². The highest BCUT2D eigenvalue weighted by atomic mass is 35.7. The molecule has 0 aliphatic carbocycles. The van der Waals surface area contributed by atoms with Gasteiger partial charge in [0.15, 0.2) is 0 Å². The van der Waals surface area contributed by atoms with Crippen LogP contribution in [0.15, 0.2) is 0 Å². The predicted octanol–water partition coefficient (Wildman–Crippen LogP) is 0.820. The topological polar surface area (TPSA) is 86.7 Å². The number of hydrogen-bond donors (Lipinski definition) is 0. The van der Waals surface area contributed by atoms with Crippen LogP contribution in [0.25, 0.3) is 0 Å². The molecule has 9 heteroatoms. The molecule has 106 valence electrons. The first kappa shape index (κ1) is 19.4. The monoisotopic (exact) mass is 310 g/mol.